The summed E-state index contributed by atoms with van der Waals surface area (Å²) in [6.45, 7) is 8.30. The highest BCUT2D eigenvalue weighted by Crippen LogP contribution is 2.37. The van der Waals surface area contributed by atoms with Gasteiger partial charge in [-0.2, -0.15) is 0 Å². The highest BCUT2D eigenvalue weighted by molar-refractivity contribution is 7.14. The number of methoxy groups -OCH3 is 6. The van der Waals surface area contributed by atoms with Crippen LogP contribution in [0.3, 0.4) is 0 Å². The summed E-state index contributed by atoms with van der Waals surface area (Å²) >= 11 is 17.7. The molecule has 6 N–H and O–H groups in total. The number of nitrogens with one attached hydrogen (secondary N) is 3. The van der Waals surface area contributed by atoms with Crippen LogP contribution in [0, 0.1) is 23.3 Å². The number of halogens is 6. The van der Waals surface area contributed by atoms with Crippen LogP contribution < -0.4 is 26.6 Å². The van der Waals surface area contributed by atoms with Crippen molar-refractivity contribution in [3.63, 3.8) is 0 Å². The van der Waals surface area contributed by atoms with Crippen molar-refractivity contribution >= 4 is 110 Å². The molecule has 0 saturated carbocycles. The first-order valence-electron chi connectivity index (χ1n) is 40.8. The molecule has 8 aromatic carbocycles. The molecule has 7 heterocycles. The van der Waals surface area contributed by atoms with E-state index in [0.717, 1.165) is 151 Å². The zero-order valence-corrected chi connectivity index (χ0v) is 77.9. The summed E-state index contributed by atoms with van der Waals surface area (Å²) < 4.78 is 99.4. The minimum absolute atomic E-state index is 0.0120. The molecule has 0 radical (unpaired) electrons. The third kappa shape index (κ3) is 30.9. The van der Waals surface area contributed by atoms with Crippen molar-refractivity contribution in [3.05, 3.63) is 266 Å². The quantitative estimate of drug-likeness (QED) is 0.0252. The zero-order valence-electron chi connectivity index (χ0n) is 73.1. The molecule has 3 aliphatic heterocycles. The summed E-state index contributed by atoms with van der Waals surface area (Å²) in [4.78, 5) is 77.1. The maximum absolute atomic E-state index is 13.1. The number of hydrogen-bond acceptors (Lipinski definition) is 25. The molecule has 0 atom stereocenters. The van der Waals surface area contributed by atoms with E-state index in [1.165, 1.54) is 87.4 Å². The molecule has 0 spiro atoms. The number of hydrogen-bond donors (Lipinski definition) is 5. The number of aliphatic hydroxyl groups is 1. The van der Waals surface area contributed by atoms with Crippen LogP contribution in [0.25, 0.3) is 67.3 Å². The predicted octanol–water partition coefficient (Wildman–Crippen LogP) is 17.9. The first kappa shape index (κ1) is 101. The lowest BCUT2D eigenvalue weighted by Crippen LogP contribution is -2.35. The normalized spacial score (nSPS) is 12.9. The van der Waals surface area contributed by atoms with Gasteiger partial charge in [0.05, 0.1) is 114 Å². The molecule has 26 nitrogen and oxygen atoms in total. The summed E-state index contributed by atoms with van der Waals surface area (Å²) in [6.07, 6.45) is 1.48. The number of likely N-dealkylation sites (tertiary alicyclic amines) is 1. The summed E-state index contributed by atoms with van der Waals surface area (Å²) in [7, 11) is 14.7. The number of amides is 5. The highest BCUT2D eigenvalue weighted by atomic mass is 35.5. The number of piperidine rings is 1. The van der Waals surface area contributed by atoms with E-state index in [2.05, 4.69) is 52.9 Å². The zero-order chi connectivity index (χ0) is 93.0. The van der Waals surface area contributed by atoms with Crippen LogP contribution in [-0.4, -0.2) is 187 Å². The second-order valence-corrected chi connectivity index (χ2v) is 34.6. The number of ether oxygens (including phenoxy) is 9. The van der Waals surface area contributed by atoms with E-state index in [1.807, 2.05) is 72.8 Å². The number of aliphatic imine (C=N–C) groups is 1. The molecule has 12 aromatic rings. The van der Waals surface area contributed by atoms with Gasteiger partial charge in [0.1, 0.15) is 58.1 Å². The predicted molar refractivity (Wildman–Crippen MR) is 502 cm³/mol. The van der Waals surface area contributed by atoms with Crippen molar-refractivity contribution in [2.45, 2.75) is 78.3 Å². The number of anilines is 2. The minimum Gasteiger partial charge on any atom is -0.463 e. The maximum Gasteiger partial charge on any atom is 0.321 e. The first-order chi connectivity index (χ1) is 62.9. The number of thiazole rings is 4. The Bertz CT molecular complexity index is 5640. The number of nitrogens with two attached hydrogens (primary N) is 1. The van der Waals surface area contributed by atoms with Crippen molar-refractivity contribution < 1.29 is 84.5 Å². The Hall–Kier alpha value is -10.9. The number of nitrogens with zero attached hydrogens (tertiary/aromatic N) is 8. The van der Waals surface area contributed by atoms with E-state index >= 15 is 0 Å². The number of benzene rings is 8. The second kappa shape index (κ2) is 52.2. The van der Waals surface area contributed by atoms with Gasteiger partial charge in [0.25, 0.3) is 11.9 Å². The molecule has 688 valence electrons. The summed E-state index contributed by atoms with van der Waals surface area (Å²) in [6, 6.07) is 52.8. The van der Waals surface area contributed by atoms with E-state index in [1.54, 1.807) is 129 Å². The smallest absolute Gasteiger partial charge is 0.321 e. The first-order valence-corrected chi connectivity index (χ1v) is 44.9. The van der Waals surface area contributed by atoms with Crippen LogP contribution in [0.1, 0.15) is 68.3 Å². The fourth-order valence-electron chi connectivity index (χ4n) is 13.1. The number of carbonyl (C=O) groups is 4. The number of aliphatic hydroxyl groups excluding tert-OH is 1. The van der Waals surface area contributed by atoms with Crippen LogP contribution >= 0.6 is 68.5 Å². The second-order valence-electron chi connectivity index (χ2n) is 29.2. The average Bonchev–Trinajstić information content (AvgIpc) is 1.12. The Morgan fingerprint density at radius 1 is 0.523 bits per heavy atom. The number of carbonyl (C=O) groups excluding carboxylic acids is 4. The molecule has 36 heteroatoms. The lowest BCUT2D eigenvalue weighted by molar-refractivity contribution is -0.134. The van der Waals surface area contributed by atoms with Gasteiger partial charge in [-0.05, 0) is 192 Å². The Balaban J connectivity index is 0.000000162. The lowest BCUT2D eigenvalue weighted by Gasteiger charge is -2.28. The molecule has 0 aliphatic carbocycles. The van der Waals surface area contributed by atoms with E-state index in [4.69, 9.17) is 76.6 Å². The van der Waals surface area contributed by atoms with Crippen molar-refractivity contribution in [2.24, 2.45) is 10.7 Å². The summed E-state index contributed by atoms with van der Waals surface area (Å²) in [5.74, 6) is -2.01. The Morgan fingerprint density at radius 2 is 0.931 bits per heavy atom. The monoisotopic (exact) mass is 1900 g/mol. The lowest BCUT2D eigenvalue weighted by atomic mass is 9.99. The Morgan fingerprint density at radius 3 is 1.34 bits per heavy atom. The van der Waals surface area contributed by atoms with Crippen molar-refractivity contribution in [2.75, 3.05) is 127 Å². The SMILES string of the molecule is CNC(=O)c1nc(-c2ccc(F)cc2)c(COC)s1.COCc1cc(N2CCNC2=O)ccc1-c1ccc(Cl)cc1.COCc1cc(NC2=NCCO2)ccc1-c1ccc(Cl)cc1.COCc1sc(CN2CCC(O)CC2)nc1-c1ccc(F)cc1.COCc1sc(COCC(=O)N(C)C)nc1-c1ccc(F)cc1.COCc1sc(COCC(N)=O)nc1-c1ccc(F)cc1. The van der Waals surface area contributed by atoms with E-state index in [9.17, 15) is 41.8 Å². The third-order valence-electron chi connectivity index (χ3n) is 19.4. The van der Waals surface area contributed by atoms with Gasteiger partial charge in [-0.1, -0.05) is 59.6 Å². The molecule has 2 fully saturated rings. The number of amidine groups is 1. The van der Waals surface area contributed by atoms with Gasteiger partial charge in [-0.3, -0.25) is 24.2 Å². The molecule has 130 heavy (non-hydrogen) atoms. The van der Waals surface area contributed by atoms with Gasteiger partial charge in [-0.15, -0.1) is 45.3 Å². The standard InChI is InChI=1S/2C17H17ClN2O2.C17H21FN2O2S.C16H19FN2O3S.C14H15FN2O3S.C13H13FN2O2S/c1-21-11-13-10-15(20-17-19-8-9-22-17)6-7-16(13)12-2-4-14(18)5-3-12;1-22-11-13-10-15(20-9-8-19-17(20)21)6-7-16(13)12-2-4-14(18)5-3-12;1-22-11-15-17(12-2-4-13(18)5-3-12)19-16(23-15)10-20-8-6-14(21)7-9-20;1-19(2)15(20)10-22-9-14-18-16(13(23-14)8-21-3)11-4-6-12(17)7-5-11;1-19-6-11-14(9-2-4-10(15)5-3-9)17-13(21-11)8-20-7-12(16)18;1-15-12(17)13-16-11(10(19-13)7-18-2)8-3-5-9(14)6-4-8/h2-7,10H,8-9,11H2,1H3,(H,19,20);2-7,10H,8-9,11H2,1H3,(H,19,21);2-5,14,21H,6-11H2,1H3;4-7H,8-10H2,1-3H3;2-5H,6-8H2,1H3,(H2,16,18);3-6H,7H2,1-2H3,(H,15,17). The van der Waals surface area contributed by atoms with Crippen LogP contribution in [-0.2, 0) is 112 Å². The Labute approximate surface area is 778 Å². The van der Waals surface area contributed by atoms with Crippen LogP contribution in [0.5, 0.6) is 0 Å². The number of aromatic nitrogens is 4. The van der Waals surface area contributed by atoms with Gasteiger partial charge in [0, 0.05) is 134 Å². The summed E-state index contributed by atoms with van der Waals surface area (Å²) in [5.41, 5.74) is 19.7. The molecular weight excluding hydrogens is 1800 g/mol. The maximum atomic E-state index is 13.1. The number of rotatable bonds is 31. The molecule has 4 aromatic heterocycles. The molecule has 0 unspecified atom stereocenters. The van der Waals surface area contributed by atoms with Crippen molar-refractivity contribution in [3.8, 4) is 67.3 Å². The van der Waals surface area contributed by atoms with Crippen molar-refractivity contribution in [1.82, 2.24) is 40.4 Å². The molecule has 2 saturated heterocycles. The molecule has 0 bridgehead atoms. The third-order valence-corrected chi connectivity index (χ3v) is 23.9. The number of urea groups is 1. The van der Waals surface area contributed by atoms with E-state index in [0.29, 0.717) is 92.6 Å². The Kier molecular flexibility index (Phi) is 40.7. The van der Waals surface area contributed by atoms with Crippen LogP contribution in [0.4, 0.5) is 33.7 Å². The molecule has 3 aliphatic rings. The van der Waals surface area contributed by atoms with E-state index < -0.39 is 5.91 Å². The molecule has 15 rings (SSSR count). The van der Waals surface area contributed by atoms with E-state index in [-0.39, 0.29) is 73.6 Å². The topological polar surface area (TPSA) is 307 Å². The van der Waals surface area contributed by atoms with Gasteiger partial charge in [-0.25, -0.2) is 47.3 Å². The minimum atomic E-state index is -0.526. The summed E-state index contributed by atoms with van der Waals surface area (Å²) in [5, 5.41) is 22.4. The number of likely N-dealkylation sites (N-methyl/N-ethyl adjacent to an activating group) is 1. The van der Waals surface area contributed by atoms with Gasteiger partial charge in [0.15, 0.2) is 5.01 Å². The van der Waals surface area contributed by atoms with Crippen LogP contribution in [0.15, 0.2) is 187 Å². The van der Waals surface area contributed by atoms with Gasteiger partial charge in [0.2, 0.25) is 11.8 Å². The average molecular weight is 1900 g/mol. The van der Waals surface area contributed by atoms with Crippen LogP contribution in [0.2, 0.25) is 10.0 Å². The molecular formula is C94H102Cl2F4N12O14S4. The van der Waals surface area contributed by atoms with Gasteiger partial charge < -0.3 is 74.3 Å². The van der Waals surface area contributed by atoms with Gasteiger partial charge >= 0.3 is 6.03 Å². The largest absolute Gasteiger partial charge is 0.463 e. The number of primary amides is 1. The van der Waals surface area contributed by atoms with Crippen molar-refractivity contribution in [1.29, 1.82) is 0 Å². The fourth-order valence-corrected chi connectivity index (χ4v) is 17.5. The highest BCUT2D eigenvalue weighted by Gasteiger charge is 2.25. The fraction of sp³-hybridized carbons (Fsp3) is 0.309. The molecule has 5 amide bonds.